The lowest BCUT2D eigenvalue weighted by Crippen LogP contribution is -1.98. The molecule has 7 aromatic rings. The summed E-state index contributed by atoms with van der Waals surface area (Å²) < 4.78 is 2.41. The molecule has 1 heterocycles. The second-order valence-electron chi connectivity index (χ2n) is 10.7. The zero-order valence-electron chi connectivity index (χ0n) is 22.1. The number of para-hydroxylation sites is 1. The highest BCUT2D eigenvalue weighted by Crippen LogP contribution is 2.45. The van der Waals surface area contributed by atoms with E-state index in [1.54, 1.807) is 0 Å². The Kier molecular flexibility index (Phi) is 5.11. The van der Waals surface area contributed by atoms with Crippen molar-refractivity contribution in [2.45, 2.75) is 6.42 Å². The quantitative estimate of drug-likeness (QED) is 0.222. The van der Waals surface area contributed by atoms with E-state index in [1.165, 1.54) is 72.0 Å². The van der Waals surface area contributed by atoms with Crippen LogP contribution in [0.25, 0.3) is 55.3 Å². The van der Waals surface area contributed by atoms with Gasteiger partial charge in [0.05, 0.1) is 11.0 Å². The molecule has 0 atom stereocenters. The molecule has 6 aromatic carbocycles. The average Bonchev–Trinajstić information content (AvgIpc) is 3.50. The summed E-state index contributed by atoms with van der Waals surface area (Å²) in [6.45, 7) is 4.49. The SMILES string of the molecule is C=C1c2ccccc2-c2cccc(Cc3cccc(-n4c5ccccc5c5cc(-c6ccccc6)ccc54)c3)c21. The lowest BCUT2D eigenvalue weighted by Gasteiger charge is -2.13. The van der Waals surface area contributed by atoms with Crippen molar-refractivity contribution >= 4 is 27.4 Å². The first-order valence-corrected chi connectivity index (χ1v) is 13.9. The highest BCUT2D eigenvalue weighted by molar-refractivity contribution is 6.10. The molecule has 188 valence electrons. The Morgan fingerprint density at radius 2 is 1.23 bits per heavy atom. The van der Waals surface area contributed by atoms with Gasteiger partial charge in [0.1, 0.15) is 0 Å². The molecule has 1 aliphatic rings. The number of rotatable bonds is 4. The molecule has 0 radical (unpaired) electrons. The normalized spacial score (nSPS) is 12.2. The summed E-state index contributed by atoms with van der Waals surface area (Å²) in [6, 6.07) is 50.5. The third-order valence-corrected chi connectivity index (χ3v) is 8.34. The molecule has 1 nitrogen and oxygen atoms in total. The molecule has 0 fully saturated rings. The molecule has 1 aliphatic carbocycles. The zero-order chi connectivity index (χ0) is 26.6. The summed E-state index contributed by atoms with van der Waals surface area (Å²) in [7, 11) is 0. The van der Waals surface area contributed by atoms with Gasteiger partial charge in [0.25, 0.3) is 0 Å². The Bertz CT molecular complexity index is 2090. The lowest BCUT2D eigenvalue weighted by molar-refractivity contribution is 1.13. The molecule has 0 amide bonds. The molecule has 1 heteroatoms. The molecule has 8 rings (SSSR count). The average molecular weight is 510 g/mol. The van der Waals surface area contributed by atoms with Crippen molar-refractivity contribution in [3.05, 3.63) is 168 Å². The summed E-state index contributed by atoms with van der Waals surface area (Å²) in [6.07, 6.45) is 0.860. The number of hydrogen-bond donors (Lipinski definition) is 0. The summed E-state index contributed by atoms with van der Waals surface area (Å²) in [4.78, 5) is 0. The predicted octanol–water partition coefficient (Wildman–Crippen LogP) is 10.1. The van der Waals surface area contributed by atoms with Crippen LogP contribution >= 0.6 is 0 Å². The van der Waals surface area contributed by atoms with Crippen molar-refractivity contribution in [1.82, 2.24) is 4.57 Å². The van der Waals surface area contributed by atoms with Gasteiger partial charge in [0, 0.05) is 16.5 Å². The maximum absolute atomic E-state index is 4.49. The van der Waals surface area contributed by atoms with Gasteiger partial charge in [-0.1, -0.05) is 116 Å². The van der Waals surface area contributed by atoms with Crippen LogP contribution in [0.2, 0.25) is 0 Å². The molecular weight excluding hydrogens is 482 g/mol. The highest BCUT2D eigenvalue weighted by Gasteiger charge is 2.24. The monoisotopic (exact) mass is 509 g/mol. The number of nitrogens with zero attached hydrogens (tertiary/aromatic N) is 1. The van der Waals surface area contributed by atoms with Gasteiger partial charge < -0.3 is 4.57 Å². The van der Waals surface area contributed by atoms with E-state index in [0.29, 0.717) is 0 Å². The second kappa shape index (κ2) is 8.97. The van der Waals surface area contributed by atoms with Crippen LogP contribution in [0.3, 0.4) is 0 Å². The molecule has 40 heavy (non-hydrogen) atoms. The summed E-state index contributed by atoms with van der Waals surface area (Å²) >= 11 is 0. The van der Waals surface area contributed by atoms with Crippen LogP contribution in [0.4, 0.5) is 0 Å². The van der Waals surface area contributed by atoms with Gasteiger partial charge in [-0.2, -0.15) is 0 Å². The van der Waals surface area contributed by atoms with E-state index in [2.05, 4.69) is 151 Å². The third-order valence-electron chi connectivity index (χ3n) is 8.34. The van der Waals surface area contributed by atoms with Crippen molar-refractivity contribution in [1.29, 1.82) is 0 Å². The number of hydrogen-bond acceptors (Lipinski definition) is 0. The predicted molar refractivity (Wildman–Crippen MR) is 169 cm³/mol. The van der Waals surface area contributed by atoms with Gasteiger partial charge in [-0.05, 0) is 86.8 Å². The van der Waals surface area contributed by atoms with Crippen molar-refractivity contribution in [3.63, 3.8) is 0 Å². The van der Waals surface area contributed by atoms with Gasteiger partial charge in [-0.15, -0.1) is 0 Å². The van der Waals surface area contributed by atoms with Crippen LogP contribution in [0.15, 0.2) is 146 Å². The number of fused-ring (bicyclic) bond motifs is 6. The first-order valence-electron chi connectivity index (χ1n) is 13.9. The van der Waals surface area contributed by atoms with Gasteiger partial charge >= 0.3 is 0 Å². The van der Waals surface area contributed by atoms with Crippen LogP contribution in [-0.2, 0) is 6.42 Å². The fraction of sp³-hybridized carbons (Fsp3) is 0.0256. The Hall–Kier alpha value is -5.14. The first-order chi connectivity index (χ1) is 19.8. The maximum atomic E-state index is 4.49. The van der Waals surface area contributed by atoms with Crippen molar-refractivity contribution in [2.75, 3.05) is 0 Å². The van der Waals surface area contributed by atoms with E-state index in [-0.39, 0.29) is 0 Å². The van der Waals surface area contributed by atoms with E-state index in [1.807, 2.05) is 0 Å². The molecule has 0 unspecified atom stereocenters. The van der Waals surface area contributed by atoms with Crippen LogP contribution in [0.5, 0.6) is 0 Å². The molecule has 0 aliphatic heterocycles. The number of aromatic nitrogens is 1. The molecule has 0 saturated heterocycles. The highest BCUT2D eigenvalue weighted by atomic mass is 15.0. The maximum Gasteiger partial charge on any atom is 0.0541 e. The van der Waals surface area contributed by atoms with E-state index >= 15 is 0 Å². The summed E-state index contributed by atoms with van der Waals surface area (Å²) in [5.41, 5.74) is 15.0. The van der Waals surface area contributed by atoms with Crippen LogP contribution in [0, 0.1) is 0 Å². The Morgan fingerprint density at radius 3 is 2.12 bits per heavy atom. The topological polar surface area (TPSA) is 4.93 Å². The Morgan fingerprint density at radius 1 is 0.500 bits per heavy atom. The van der Waals surface area contributed by atoms with E-state index < -0.39 is 0 Å². The fourth-order valence-corrected chi connectivity index (χ4v) is 6.53. The summed E-state index contributed by atoms with van der Waals surface area (Å²) in [5, 5.41) is 2.55. The van der Waals surface area contributed by atoms with Crippen molar-refractivity contribution < 1.29 is 0 Å². The van der Waals surface area contributed by atoms with Crippen LogP contribution in [0.1, 0.15) is 22.3 Å². The van der Waals surface area contributed by atoms with Crippen LogP contribution in [-0.4, -0.2) is 4.57 Å². The van der Waals surface area contributed by atoms with Gasteiger partial charge in [-0.3, -0.25) is 0 Å². The first kappa shape index (κ1) is 22.8. The van der Waals surface area contributed by atoms with Gasteiger partial charge in [-0.25, -0.2) is 0 Å². The van der Waals surface area contributed by atoms with Gasteiger partial charge in [0.2, 0.25) is 0 Å². The molecule has 1 aromatic heterocycles. The summed E-state index contributed by atoms with van der Waals surface area (Å²) in [5.74, 6) is 0. The largest absolute Gasteiger partial charge is 0.309 e. The molecule has 0 N–H and O–H groups in total. The standard InChI is InChI=1S/C39H27N/c1-26-32-16-5-6-17-33(32)35-19-10-14-30(39(26)35)23-27-11-9-15-31(24-27)40-37-20-8-7-18-34(37)36-25-29(21-22-38(36)40)28-12-3-2-4-13-28/h2-22,24-25H,1,23H2. The van der Waals surface area contributed by atoms with Crippen LogP contribution < -0.4 is 0 Å². The molecule has 0 saturated carbocycles. The molecule has 0 bridgehead atoms. The fourth-order valence-electron chi connectivity index (χ4n) is 6.53. The zero-order valence-corrected chi connectivity index (χ0v) is 22.1. The van der Waals surface area contributed by atoms with Crippen molar-refractivity contribution in [3.8, 4) is 27.9 Å². The molecular formula is C39H27N. The molecule has 0 spiro atoms. The minimum atomic E-state index is 0.860. The van der Waals surface area contributed by atoms with Crippen molar-refractivity contribution in [2.24, 2.45) is 0 Å². The minimum Gasteiger partial charge on any atom is -0.309 e. The lowest BCUT2D eigenvalue weighted by atomic mass is 9.94. The Labute approximate surface area is 234 Å². The van der Waals surface area contributed by atoms with E-state index in [4.69, 9.17) is 0 Å². The minimum absolute atomic E-state index is 0.860. The Balaban J connectivity index is 1.24. The van der Waals surface area contributed by atoms with E-state index in [9.17, 15) is 0 Å². The van der Waals surface area contributed by atoms with E-state index in [0.717, 1.165) is 12.0 Å². The second-order valence-corrected chi connectivity index (χ2v) is 10.7. The third kappa shape index (κ3) is 3.48. The smallest absolute Gasteiger partial charge is 0.0541 e. The van der Waals surface area contributed by atoms with Gasteiger partial charge in [0.15, 0.2) is 0 Å². The number of benzene rings is 6.